The van der Waals surface area contributed by atoms with Crippen LogP contribution in [-0.4, -0.2) is 22.0 Å². The van der Waals surface area contributed by atoms with Crippen LogP contribution in [0.1, 0.15) is 19.4 Å². The standard InChI is InChI=1S/C17H19N3O2S/c1-11-8-9-18-16(10-11)20-17(22)12(2)23-15-6-4-14(5-7-15)19-13(3)21/h4-10,12H,1-3H3,(H,19,21)(H,18,20,22). The second kappa shape index (κ2) is 7.78. The minimum Gasteiger partial charge on any atom is -0.326 e. The molecule has 6 heteroatoms. The minimum absolute atomic E-state index is 0.0981. The van der Waals surface area contributed by atoms with Gasteiger partial charge in [-0.1, -0.05) is 0 Å². The molecule has 1 aromatic heterocycles. The maximum atomic E-state index is 12.2. The first kappa shape index (κ1) is 17.0. The van der Waals surface area contributed by atoms with Crippen molar-refractivity contribution in [3.8, 4) is 0 Å². The molecular formula is C17H19N3O2S. The lowest BCUT2D eigenvalue weighted by molar-refractivity contribution is -0.115. The third-order valence-corrected chi connectivity index (χ3v) is 4.14. The summed E-state index contributed by atoms with van der Waals surface area (Å²) in [6.07, 6.45) is 1.67. The summed E-state index contributed by atoms with van der Waals surface area (Å²) < 4.78 is 0. The van der Waals surface area contributed by atoms with Gasteiger partial charge in [-0.25, -0.2) is 4.98 Å². The minimum atomic E-state index is -0.260. The molecule has 0 spiro atoms. The van der Waals surface area contributed by atoms with Crippen LogP contribution >= 0.6 is 11.8 Å². The Morgan fingerprint density at radius 2 is 1.83 bits per heavy atom. The lowest BCUT2D eigenvalue weighted by atomic mass is 10.3. The number of aryl methyl sites for hydroxylation is 1. The van der Waals surface area contributed by atoms with Crippen LogP contribution < -0.4 is 10.6 Å². The summed E-state index contributed by atoms with van der Waals surface area (Å²) in [6, 6.07) is 11.1. The van der Waals surface area contributed by atoms with E-state index in [4.69, 9.17) is 0 Å². The third-order valence-electron chi connectivity index (χ3n) is 3.02. The summed E-state index contributed by atoms with van der Waals surface area (Å²) in [5, 5.41) is 5.26. The summed E-state index contributed by atoms with van der Waals surface area (Å²) in [4.78, 5) is 28.3. The lowest BCUT2D eigenvalue weighted by Gasteiger charge is -2.12. The zero-order valence-corrected chi connectivity index (χ0v) is 14.1. The molecule has 5 nitrogen and oxygen atoms in total. The number of aromatic nitrogens is 1. The largest absolute Gasteiger partial charge is 0.326 e. The van der Waals surface area contributed by atoms with Gasteiger partial charge in [-0.15, -0.1) is 11.8 Å². The Hall–Kier alpha value is -2.34. The molecule has 2 N–H and O–H groups in total. The van der Waals surface area contributed by atoms with E-state index in [1.807, 2.05) is 50.2 Å². The summed E-state index contributed by atoms with van der Waals surface area (Å²) in [7, 11) is 0. The van der Waals surface area contributed by atoms with Gasteiger partial charge in [0.05, 0.1) is 5.25 Å². The van der Waals surface area contributed by atoms with E-state index in [2.05, 4.69) is 15.6 Å². The first-order chi connectivity index (χ1) is 10.9. The highest BCUT2D eigenvalue weighted by Gasteiger charge is 2.15. The number of rotatable bonds is 5. The van der Waals surface area contributed by atoms with E-state index in [0.29, 0.717) is 5.82 Å². The number of nitrogens with one attached hydrogen (secondary N) is 2. The number of thioether (sulfide) groups is 1. The molecular weight excluding hydrogens is 310 g/mol. The topological polar surface area (TPSA) is 71.1 Å². The van der Waals surface area contributed by atoms with Crippen molar-refractivity contribution in [1.82, 2.24) is 4.98 Å². The number of hydrogen-bond acceptors (Lipinski definition) is 4. The van der Waals surface area contributed by atoms with Gasteiger partial charge in [0.1, 0.15) is 5.82 Å². The van der Waals surface area contributed by atoms with E-state index in [1.54, 1.807) is 6.20 Å². The lowest BCUT2D eigenvalue weighted by Crippen LogP contribution is -2.22. The highest BCUT2D eigenvalue weighted by atomic mass is 32.2. The number of pyridine rings is 1. The molecule has 23 heavy (non-hydrogen) atoms. The Bertz CT molecular complexity index is 701. The number of carbonyl (C=O) groups is 2. The van der Waals surface area contributed by atoms with Crippen LogP contribution in [0.2, 0.25) is 0 Å². The summed E-state index contributed by atoms with van der Waals surface area (Å²) in [5.41, 5.74) is 1.78. The average Bonchev–Trinajstić information content (AvgIpc) is 2.48. The molecule has 0 saturated heterocycles. The zero-order chi connectivity index (χ0) is 16.8. The number of benzene rings is 1. The van der Waals surface area contributed by atoms with Crippen molar-refractivity contribution in [3.05, 3.63) is 48.2 Å². The predicted octanol–water partition coefficient (Wildman–Crippen LogP) is 3.47. The molecule has 2 aromatic rings. The van der Waals surface area contributed by atoms with Crippen molar-refractivity contribution in [2.75, 3.05) is 10.6 Å². The SMILES string of the molecule is CC(=O)Nc1ccc(SC(C)C(=O)Nc2cc(C)ccn2)cc1. The van der Waals surface area contributed by atoms with Gasteiger partial charge in [-0.05, 0) is 55.8 Å². The maximum absolute atomic E-state index is 12.2. The average molecular weight is 329 g/mol. The van der Waals surface area contributed by atoms with Crippen LogP contribution in [0.3, 0.4) is 0 Å². The smallest absolute Gasteiger partial charge is 0.238 e. The van der Waals surface area contributed by atoms with Gasteiger partial charge in [0.15, 0.2) is 0 Å². The second-order valence-corrected chi connectivity index (χ2v) is 6.59. The van der Waals surface area contributed by atoms with Crippen LogP contribution in [0.25, 0.3) is 0 Å². The number of hydrogen-bond donors (Lipinski definition) is 2. The number of carbonyl (C=O) groups excluding carboxylic acids is 2. The van der Waals surface area contributed by atoms with Crippen molar-refractivity contribution >= 4 is 35.1 Å². The quantitative estimate of drug-likeness (QED) is 0.824. The van der Waals surface area contributed by atoms with Gasteiger partial charge in [-0.3, -0.25) is 9.59 Å². The van der Waals surface area contributed by atoms with Crippen LogP contribution in [0.4, 0.5) is 11.5 Å². The second-order valence-electron chi connectivity index (χ2n) is 5.17. The maximum Gasteiger partial charge on any atom is 0.238 e. The van der Waals surface area contributed by atoms with Crippen LogP contribution in [0, 0.1) is 6.92 Å². The van der Waals surface area contributed by atoms with Crippen LogP contribution in [0.15, 0.2) is 47.5 Å². The molecule has 1 heterocycles. The van der Waals surface area contributed by atoms with Crippen molar-refractivity contribution in [3.63, 3.8) is 0 Å². The molecule has 0 aliphatic rings. The fourth-order valence-electron chi connectivity index (χ4n) is 1.91. The first-order valence-electron chi connectivity index (χ1n) is 7.22. The van der Waals surface area contributed by atoms with E-state index >= 15 is 0 Å². The van der Waals surface area contributed by atoms with E-state index in [1.165, 1.54) is 18.7 Å². The van der Waals surface area contributed by atoms with E-state index < -0.39 is 0 Å². The van der Waals surface area contributed by atoms with Crippen LogP contribution in [0.5, 0.6) is 0 Å². The molecule has 0 aliphatic heterocycles. The molecule has 0 fully saturated rings. The highest BCUT2D eigenvalue weighted by molar-refractivity contribution is 8.00. The molecule has 2 rings (SSSR count). The molecule has 0 aliphatic carbocycles. The van der Waals surface area contributed by atoms with Gasteiger partial charge < -0.3 is 10.6 Å². The zero-order valence-electron chi connectivity index (χ0n) is 13.3. The Morgan fingerprint density at radius 3 is 2.43 bits per heavy atom. The Labute approximate surface area is 139 Å². The first-order valence-corrected chi connectivity index (χ1v) is 8.10. The van der Waals surface area contributed by atoms with Gasteiger partial charge in [0, 0.05) is 23.7 Å². The van der Waals surface area contributed by atoms with Gasteiger partial charge in [0.25, 0.3) is 0 Å². The number of amides is 2. The molecule has 0 saturated carbocycles. The summed E-state index contributed by atoms with van der Waals surface area (Å²) >= 11 is 1.45. The Kier molecular flexibility index (Phi) is 5.76. The number of anilines is 2. The van der Waals surface area contributed by atoms with E-state index in [0.717, 1.165) is 16.1 Å². The van der Waals surface area contributed by atoms with Gasteiger partial charge in [0.2, 0.25) is 11.8 Å². The van der Waals surface area contributed by atoms with Crippen LogP contribution in [-0.2, 0) is 9.59 Å². The van der Waals surface area contributed by atoms with Crippen molar-refractivity contribution < 1.29 is 9.59 Å². The molecule has 1 atom stereocenters. The fourth-order valence-corrected chi connectivity index (χ4v) is 2.78. The summed E-state index contributed by atoms with van der Waals surface area (Å²) in [5.74, 6) is 0.353. The number of nitrogens with zero attached hydrogens (tertiary/aromatic N) is 1. The Balaban J connectivity index is 1.94. The van der Waals surface area contributed by atoms with Gasteiger partial charge >= 0.3 is 0 Å². The molecule has 120 valence electrons. The van der Waals surface area contributed by atoms with E-state index in [-0.39, 0.29) is 17.1 Å². The highest BCUT2D eigenvalue weighted by Crippen LogP contribution is 2.25. The van der Waals surface area contributed by atoms with Crippen molar-refractivity contribution in [2.24, 2.45) is 0 Å². The normalized spacial score (nSPS) is 11.6. The summed E-state index contributed by atoms with van der Waals surface area (Å²) in [6.45, 7) is 5.26. The fraction of sp³-hybridized carbons (Fsp3) is 0.235. The Morgan fingerprint density at radius 1 is 1.13 bits per heavy atom. The monoisotopic (exact) mass is 329 g/mol. The molecule has 0 bridgehead atoms. The molecule has 1 unspecified atom stereocenters. The van der Waals surface area contributed by atoms with Crippen molar-refractivity contribution in [2.45, 2.75) is 30.9 Å². The molecule has 2 amide bonds. The molecule has 0 radical (unpaired) electrons. The van der Waals surface area contributed by atoms with Gasteiger partial charge in [-0.2, -0.15) is 0 Å². The predicted molar refractivity (Wildman–Crippen MR) is 93.7 cm³/mol. The third kappa shape index (κ3) is 5.41. The van der Waals surface area contributed by atoms with Crippen molar-refractivity contribution in [1.29, 1.82) is 0 Å². The molecule has 1 aromatic carbocycles. The van der Waals surface area contributed by atoms with E-state index in [9.17, 15) is 9.59 Å².